The summed E-state index contributed by atoms with van der Waals surface area (Å²) in [7, 11) is 1.83. The van der Waals surface area contributed by atoms with Crippen LogP contribution in [0.4, 0.5) is 17.5 Å². The fraction of sp³-hybridized carbons (Fsp3) is 0.259. The first-order valence-corrected chi connectivity index (χ1v) is 12.1. The van der Waals surface area contributed by atoms with Crippen LogP contribution in [0.2, 0.25) is 0 Å². The van der Waals surface area contributed by atoms with Crippen molar-refractivity contribution in [3.63, 3.8) is 0 Å². The van der Waals surface area contributed by atoms with E-state index in [1.807, 2.05) is 42.3 Å². The third kappa shape index (κ3) is 6.49. The Balaban J connectivity index is 1.48. The predicted molar refractivity (Wildman–Crippen MR) is 142 cm³/mol. The highest BCUT2D eigenvalue weighted by atomic mass is 16.5. The molecule has 11 nitrogen and oxygen atoms in total. The average molecular weight is 516 g/mol. The number of esters is 1. The van der Waals surface area contributed by atoms with Crippen molar-refractivity contribution < 1.29 is 19.1 Å². The van der Waals surface area contributed by atoms with E-state index < -0.39 is 11.9 Å². The van der Waals surface area contributed by atoms with Gasteiger partial charge >= 0.3 is 5.97 Å². The van der Waals surface area contributed by atoms with Gasteiger partial charge in [-0.3, -0.25) is 9.59 Å². The molecule has 0 aliphatic heterocycles. The van der Waals surface area contributed by atoms with Crippen molar-refractivity contribution in [3.05, 3.63) is 84.1 Å². The summed E-state index contributed by atoms with van der Waals surface area (Å²) in [5, 5.41) is 14.0. The Morgan fingerprint density at radius 3 is 2.66 bits per heavy atom. The lowest BCUT2D eigenvalue weighted by atomic mass is 10.2. The van der Waals surface area contributed by atoms with Gasteiger partial charge < -0.3 is 26.0 Å². The van der Waals surface area contributed by atoms with Gasteiger partial charge in [-0.25, -0.2) is 4.79 Å². The van der Waals surface area contributed by atoms with Crippen molar-refractivity contribution in [2.24, 2.45) is 5.73 Å². The molecule has 1 aliphatic rings. The van der Waals surface area contributed by atoms with E-state index in [-0.39, 0.29) is 42.1 Å². The Morgan fingerprint density at radius 2 is 1.92 bits per heavy atom. The van der Waals surface area contributed by atoms with Gasteiger partial charge in [0.05, 0.1) is 5.56 Å². The summed E-state index contributed by atoms with van der Waals surface area (Å²) < 4.78 is 5.41. The Kier molecular flexibility index (Phi) is 8.27. The summed E-state index contributed by atoms with van der Waals surface area (Å²) in [6.45, 7) is 3.63. The lowest BCUT2D eigenvalue weighted by molar-refractivity contribution is -0.117. The summed E-state index contributed by atoms with van der Waals surface area (Å²) in [6, 6.07) is 16.1. The van der Waals surface area contributed by atoms with Crippen molar-refractivity contribution in [1.82, 2.24) is 20.5 Å². The Hall–Kier alpha value is -4.80. The number of carbonyl (C=O) groups is 3. The van der Waals surface area contributed by atoms with Crippen molar-refractivity contribution in [3.8, 4) is 0 Å². The molecule has 3 aromatic rings. The molecule has 1 saturated carbocycles. The van der Waals surface area contributed by atoms with Gasteiger partial charge in [0.2, 0.25) is 11.9 Å². The van der Waals surface area contributed by atoms with Crippen LogP contribution >= 0.6 is 0 Å². The molecule has 196 valence electrons. The van der Waals surface area contributed by atoms with Crippen LogP contribution in [0.15, 0.2) is 67.3 Å². The van der Waals surface area contributed by atoms with Crippen LogP contribution in [0.5, 0.6) is 0 Å². The van der Waals surface area contributed by atoms with Crippen molar-refractivity contribution in [2.75, 3.05) is 17.3 Å². The number of rotatable bonds is 10. The summed E-state index contributed by atoms with van der Waals surface area (Å²) >= 11 is 0. The Bertz CT molecular complexity index is 1330. The number of hydrogen-bond donors (Lipinski definition) is 3. The summed E-state index contributed by atoms with van der Waals surface area (Å²) in [4.78, 5) is 42.6. The number of benzene rings is 2. The normalized spacial score (nSPS) is 16.3. The van der Waals surface area contributed by atoms with E-state index in [1.54, 1.807) is 24.3 Å². The van der Waals surface area contributed by atoms with Crippen LogP contribution in [-0.2, 0) is 16.1 Å². The molecule has 0 spiro atoms. The third-order valence-corrected chi connectivity index (χ3v) is 6.28. The van der Waals surface area contributed by atoms with Crippen LogP contribution < -0.4 is 21.3 Å². The molecular weight excluding hydrogens is 486 g/mol. The number of nitrogens with one attached hydrogen (secondary N) is 2. The second kappa shape index (κ2) is 12.0. The first-order valence-electron chi connectivity index (χ1n) is 12.1. The monoisotopic (exact) mass is 515 g/mol. The van der Waals surface area contributed by atoms with Gasteiger partial charge in [0.1, 0.15) is 6.61 Å². The zero-order chi connectivity index (χ0) is 27.1. The number of nitrogens with two attached hydrogens (primary N) is 1. The molecular formula is C27H29N7O4. The fourth-order valence-corrected chi connectivity index (χ4v) is 4.25. The number of amides is 2. The van der Waals surface area contributed by atoms with Gasteiger partial charge in [-0.15, -0.1) is 10.2 Å². The molecule has 2 aromatic carbocycles. The molecule has 1 aromatic heterocycles. The molecule has 1 unspecified atom stereocenters. The quantitative estimate of drug-likeness (QED) is 0.273. The van der Waals surface area contributed by atoms with E-state index in [4.69, 9.17) is 10.5 Å². The molecule has 1 fully saturated rings. The van der Waals surface area contributed by atoms with E-state index in [0.717, 1.165) is 18.4 Å². The average Bonchev–Trinajstić information content (AvgIpc) is 3.40. The molecule has 1 heterocycles. The highest BCUT2D eigenvalue weighted by Crippen LogP contribution is 2.27. The van der Waals surface area contributed by atoms with Crippen LogP contribution in [0.3, 0.4) is 0 Å². The van der Waals surface area contributed by atoms with Crippen LogP contribution in [0, 0.1) is 0 Å². The minimum atomic E-state index is -0.798. The highest BCUT2D eigenvalue weighted by molar-refractivity contribution is 5.96. The zero-order valence-electron chi connectivity index (χ0n) is 21.0. The van der Waals surface area contributed by atoms with Gasteiger partial charge in [0.25, 0.3) is 5.91 Å². The maximum Gasteiger partial charge on any atom is 0.338 e. The number of anilines is 3. The van der Waals surface area contributed by atoms with Gasteiger partial charge in [-0.1, -0.05) is 43.0 Å². The molecule has 4 rings (SSSR count). The first kappa shape index (κ1) is 26.3. The maximum absolute atomic E-state index is 12.6. The Morgan fingerprint density at radius 1 is 1.13 bits per heavy atom. The van der Waals surface area contributed by atoms with Crippen molar-refractivity contribution in [2.45, 2.75) is 38.0 Å². The number of hydrogen-bond acceptors (Lipinski definition) is 9. The molecule has 2 atom stereocenters. The lowest BCUT2D eigenvalue weighted by Crippen LogP contribution is -2.36. The highest BCUT2D eigenvalue weighted by Gasteiger charge is 2.30. The summed E-state index contributed by atoms with van der Waals surface area (Å²) in [5.74, 6) is -1.10. The SMILES string of the molecule is C=CC(=O)NC1CC[C@@H](N(C)c2nnc(C(N)=O)c(Nc3cccc(C(=O)OCc4ccccc4)c3)n2)C1. The third-order valence-electron chi connectivity index (χ3n) is 6.28. The number of carbonyl (C=O) groups excluding carboxylic acids is 3. The second-order valence-corrected chi connectivity index (χ2v) is 8.93. The molecule has 0 radical (unpaired) electrons. The van der Waals surface area contributed by atoms with Crippen LogP contribution in [0.25, 0.3) is 0 Å². The van der Waals surface area contributed by atoms with Crippen molar-refractivity contribution >= 4 is 35.2 Å². The van der Waals surface area contributed by atoms with Crippen LogP contribution in [-0.4, -0.2) is 52.1 Å². The van der Waals surface area contributed by atoms with Crippen molar-refractivity contribution in [1.29, 1.82) is 0 Å². The minimum Gasteiger partial charge on any atom is -0.457 e. The Labute approximate surface area is 220 Å². The number of ether oxygens (including phenoxy) is 1. The smallest absolute Gasteiger partial charge is 0.338 e. The summed E-state index contributed by atoms with van der Waals surface area (Å²) in [6.07, 6.45) is 3.57. The maximum atomic E-state index is 12.6. The number of aromatic nitrogens is 3. The second-order valence-electron chi connectivity index (χ2n) is 8.93. The largest absolute Gasteiger partial charge is 0.457 e. The molecule has 0 saturated heterocycles. The summed E-state index contributed by atoms with van der Waals surface area (Å²) in [5.41, 5.74) is 7.06. The minimum absolute atomic E-state index is 0.0211. The standard InChI is InChI=1S/C27H29N7O4/c1-3-22(35)29-20-12-13-21(15-20)34(2)27-31-25(23(24(28)36)32-33-27)30-19-11-7-10-18(14-19)26(37)38-16-17-8-5-4-6-9-17/h3-11,14,20-21H,1,12-13,15-16H2,2H3,(H2,28,36)(H,29,35)(H,30,31,33)/t20?,21-/m1/s1. The van der Waals surface area contributed by atoms with Crippen LogP contribution in [0.1, 0.15) is 45.7 Å². The molecule has 4 N–H and O–H groups in total. The molecule has 38 heavy (non-hydrogen) atoms. The molecule has 0 bridgehead atoms. The van der Waals surface area contributed by atoms with Gasteiger partial charge in [-0.05, 0) is 49.1 Å². The predicted octanol–water partition coefficient (Wildman–Crippen LogP) is 2.73. The van der Waals surface area contributed by atoms with E-state index in [1.165, 1.54) is 6.08 Å². The molecule has 1 aliphatic carbocycles. The van der Waals surface area contributed by atoms with Gasteiger partial charge in [0, 0.05) is 24.8 Å². The van der Waals surface area contributed by atoms with Gasteiger partial charge in [0.15, 0.2) is 11.5 Å². The van der Waals surface area contributed by atoms with E-state index in [2.05, 4.69) is 32.4 Å². The first-order chi connectivity index (χ1) is 18.3. The van der Waals surface area contributed by atoms with Gasteiger partial charge in [-0.2, -0.15) is 4.98 Å². The zero-order valence-corrected chi connectivity index (χ0v) is 21.0. The molecule has 11 heteroatoms. The number of primary amides is 1. The lowest BCUT2D eigenvalue weighted by Gasteiger charge is -2.25. The van der Waals surface area contributed by atoms with E-state index in [9.17, 15) is 14.4 Å². The topological polar surface area (TPSA) is 152 Å². The van der Waals surface area contributed by atoms with E-state index >= 15 is 0 Å². The van der Waals surface area contributed by atoms with E-state index in [0.29, 0.717) is 17.7 Å². The fourth-order valence-electron chi connectivity index (χ4n) is 4.25. The number of nitrogens with zero attached hydrogens (tertiary/aromatic N) is 4. The molecule has 2 amide bonds.